The predicted molar refractivity (Wildman–Crippen MR) is 136 cm³/mol. The van der Waals surface area contributed by atoms with Gasteiger partial charge in [-0.1, -0.05) is 37.6 Å². The minimum absolute atomic E-state index is 0.0369. The Morgan fingerprint density at radius 2 is 1.58 bits per heavy atom. The average Bonchev–Trinajstić information content (AvgIpc) is 2.87. The van der Waals surface area contributed by atoms with E-state index in [-0.39, 0.29) is 23.6 Å². The van der Waals surface area contributed by atoms with Crippen LogP contribution in [0.5, 0.6) is 0 Å². The fourth-order valence-electron chi connectivity index (χ4n) is 3.52. The van der Waals surface area contributed by atoms with E-state index in [1.807, 2.05) is 0 Å². The third-order valence-electron chi connectivity index (χ3n) is 5.59. The maximum atomic E-state index is 12.8. The number of carbonyl (C=O) groups is 4. The van der Waals surface area contributed by atoms with Crippen molar-refractivity contribution in [3.8, 4) is 0 Å². The second-order valence-corrected chi connectivity index (χ2v) is 9.43. The number of nitrogens with zero attached hydrogens (tertiary/aromatic N) is 1. The summed E-state index contributed by atoms with van der Waals surface area (Å²) in [6.07, 6.45) is -3.75. The van der Waals surface area contributed by atoms with E-state index >= 15 is 0 Å². The highest BCUT2D eigenvalue weighted by Gasteiger charge is 2.38. The van der Waals surface area contributed by atoms with Crippen LogP contribution in [-0.2, 0) is 9.59 Å². The number of benzene rings is 2. The number of likely N-dealkylation sites (tertiary alicyclic amines) is 1. The van der Waals surface area contributed by atoms with Crippen LogP contribution in [0.3, 0.4) is 0 Å². The smallest absolute Gasteiger partial charge is 0.475 e. The van der Waals surface area contributed by atoms with Gasteiger partial charge in [-0.15, -0.1) is 0 Å². The summed E-state index contributed by atoms with van der Waals surface area (Å²) in [5.74, 6) is -2.66. The van der Waals surface area contributed by atoms with Gasteiger partial charge in [-0.25, -0.2) is 4.79 Å². The maximum Gasteiger partial charge on any atom is 0.490 e. The van der Waals surface area contributed by atoms with E-state index in [9.17, 15) is 27.6 Å². The summed E-state index contributed by atoms with van der Waals surface area (Å²) in [7, 11) is 0. The Bertz CT molecular complexity index is 1130. The Kier molecular flexibility index (Phi) is 11.1. The minimum atomic E-state index is -5.08. The van der Waals surface area contributed by atoms with E-state index in [2.05, 4.69) is 24.5 Å². The Morgan fingerprint density at radius 1 is 1.03 bits per heavy atom. The van der Waals surface area contributed by atoms with Gasteiger partial charge in [0.2, 0.25) is 5.91 Å². The monoisotopic (exact) mass is 555 g/mol. The predicted octanol–water partition coefficient (Wildman–Crippen LogP) is 4.85. The van der Waals surface area contributed by atoms with Gasteiger partial charge >= 0.3 is 12.1 Å². The summed E-state index contributed by atoms with van der Waals surface area (Å²) in [6, 6.07) is 13.6. The second-order valence-electron chi connectivity index (χ2n) is 9.02. The standard InChI is InChI=1S/C24H28ClN3O3.C2HF3O2/c1-16(2)15-26-22(29)17-11-13-28(14-12-17)24(31)18-7-9-19(10-8-18)27-23(30)20-5-3-4-6-21(20)25;3-2(4,5)1(6)7/h3-10,16-17H,11-15H2,1-2H3,(H,26,29)(H,27,30);(H,6,7). The summed E-state index contributed by atoms with van der Waals surface area (Å²) in [6.45, 7) is 5.93. The van der Waals surface area contributed by atoms with Crippen LogP contribution in [0.1, 0.15) is 47.4 Å². The number of halogens is 4. The average molecular weight is 556 g/mol. The molecule has 3 rings (SSSR count). The van der Waals surface area contributed by atoms with Crippen molar-refractivity contribution in [3.05, 3.63) is 64.7 Å². The first kappa shape index (κ1) is 30.6. The van der Waals surface area contributed by atoms with Gasteiger partial charge in [-0.05, 0) is 55.2 Å². The molecule has 0 unspecified atom stereocenters. The summed E-state index contributed by atoms with van der Waals surface area (Å²) in [5.41, 5.74) is 1.53. The molecular weight excluding hydrogens is 527 g/mol. The highest BCUT2D eigenvalue weighted by molar-refractivity contribution is 6.34. The molecule has 1 aliphatic heterocycles. The van der Waals surface area contributed by atoms with Crippen LogP contribution in [0.15, 0.2) is 48.5 Å². The lowest BCUT2D eigenvalue weighted by molar-refractivity contribution is -0.192. The molecule has 1 fully saturated rings. The number of hydrogen-bond donors (Lipinski definition) is 3. The van der Waals surface area contributed by atoms with Crippen molar-refractivity contribution in [2.75, 3.05) is 25.0 Å². The molecule has 38 heavy (non-hydrogen) atoms. The zero-order valence-corrected chi connectivity index (χ0v) is 21.6. The van der Waals surface area contributed by atoms with Gasteiger partial charge in [-0.3, -0.25) is 14.4 Å². The molecule has 206 valence electrons. The zero-order chi connectivity index (χ0) is 28.5. The topological polar surface area (TPSA) is 116 Å². The highest BCUT2D eigenvalue weighted by atomic mass is 35.5. The van der Waals surface area contributed by atoms with Gasteiger partial charge < -0.3 is 20.6 Å². The van der Waals surface area contributed by atoms with Crippen LogP contribution in [0.4, 0.5) is 18.9 Å². The summed E-state index contributed by atoms with van der Waals surface area (Å²) in [5, 5.41) is 13.3. The van der Waals surface area contributed by atoms with Crippen molar-refractivity contribution in [3.63, 3.8) is 0 Å². The van der Waals surface area contributed by atoms with Gasteiger partial charge in [-0.2, -0.15) is 13.2 Å². The molecular formula is C26H29ClF3N3O5. The van der Waals surface area contributed by atoms with Gasteiger partial charge in [0.25, 0.3) is 11.8 Å². The SMILES string of the molecule is CC(C)CNC(=O)C1CCN(C(=O)c2ccc(NC(=O)c3ccccc3Cl)cc2)CC1.O=C(O)C(F)(F)F. The molecule has 1 aliphatic rings. The molecule has 0 aromatic heterocycles. The van der Waals surface area contributed by atoms with Crippen molar-refractivity contribution >= 4 is 41.0 Å². The number of hydrogen-bond acceptors (Lipinski definition) is 4. The molecule has 12 heteroatoms. The molecule has 0 bridgehead atoms. The van der Waals surface area contributed by atoms with Crippen LogP contribution in [0.25, 0.3) is 0 Å². The molecule has 2 aromatic rings. The first-order valence-electron chi connectivity index (χ1n) is 11.8. The molecule has 8 nitrogen and oxygen atoms in total. The first-order chi connectivity index (χ1) is 17.8. The number of carboxylic acid groups (broad SMARTS) is 1. The lowest BCUT2D eigenvalue weighted by Crippen LogP contribution is -2.43. The van der Waals surface area contributed by atoms with E-state index in [0.29, 0.717) is 60.2 Å². The Labute approximate surface area is 223 Å². The van der Waals surface area contributed by atoms with Gasteiger partial charge in [0.05, 0.1) is 10.6 Å². The quantitative estimate of drug-likeness (QED) is 0.471. The lowest BCUT2D eigenvalue weighted by atomic mass is 9.95. The number of aliphatic carboxylic acids is 1. The first-order valence-corrected chi connectivity index (χ1v) is 12.2. The van der Waals surface area contributed by atoms with E-state index < -0.39 is 12.1 Å². The fraction of sp³-hybridized carbons (Fsp3) is 0.385. The number of amides is 3. The number of carbonyl (C=O) groups excluding carboxylic acids is 3. The number of alkyl halides is 3. The van der Waals surface area contributed by atoms with Crippen LogP contribution in [-0.4, -0.2) is 59.5 Å². The molecule has 3 amide bonds. The minimum Gasteiger partial charge on any atom is -0.475 e. The molecule has 0 saturated carbocycles. The van der Waals surface area contributed by atoms with Crippen molar-refractivity contribution < 1.29 is 37.5 Å². The Hall–Kier alpha value is -3.60. The summed E-state index contributed by atoms with van der Waals surface area (Å²) >= 11 is 6.06. The molecule has 3 N–H and O–H groups in total. The van der Waals surface area contributed by atoms with Crippen LogP contribution in [0, 0.1) is 11.8 Å². The van der Waals surface area contributed by atoms with Crippen molar-refractivity contribution in [2.45, 2.75) is 32.9 Å². The molecule has 0 radical (unpaired) electrons. The van der Waals surface area contributed by atoms with E-state index in [1.54, 1.807) is 53.4 Å². The zero-order valence-electron chi connectivity index (χ0n) is 20.8. The molecule has 0 atom stereocenters. The van der Waals surface area contributed by atoms with Gasteiger partial charge in [0, 0.05) is 36.8 Å². The summed E-state index contributed by atoms with van der Waals surface area (Å²) in [4.78, 5) is 48.1. The number of rotatable bonds is 6. The second kappa shape index (κ2) is 13.8. The Morgan fingerprint density at radius 3 is 2.08 bits per heavy atom. The van der Waals surface area contributed by atoms with E-state index in [4.69, 9.17) is 21.5 Å². The van der Waals surface area contributed by atoms with Crippen LogP contribution < -0.4 is 10.6 Å². The fourth-order valence-corrected chi connectivity index (χ4v) is 3.74. The van der Waals surface area contributed by atoms with E-state index in [1.165, 1.54) is 0 Å². The third kappa shape index (κ3) is 9.37. The number of carboxylic acids is 1. The largest absolute Gasteiger partial charge is 0.490 e. The van der Waals surface area contributed by atoms with Gasteiger partial charge in [0.15, 0.2) is 0 Å². The highest BCUT2D eigenvalue weighted by Crippen LogP contribution is 2.21. The lowest BCUT2D eigenvalue weighted by Gasteiger charge is -2.31. The van der Waals surface area contributed by atoms with Crippen LogP contribution in [0.2, 0.25) is 5.02 Å². The van der Waals surface area contributed by atoms with Crippen molar-refractivity contribution in [2.24, 2.45) is 11.8 Å². The third-order valence-corrected chi connectivity index (χ3v) is 5.92. The molecule has 1 heterocycles. The molecule has 0 aliphatic carbocycles. The number of piperidine rings is 1. The molecule has 1 saturated heterocycles. The Balaban J connectivity index is 0.000000638. The van der Waals surface area contributed by atoms with Crippen molar-refractivity contribution in [1.82, 2.24) is 10.2 Å². The molecule has 0 spiro atoms. The number of nitrogens with one attached hydrogen (secondary N) is 2. The molecule has 2 aromatic carbocycles. The number of anilines is 1. The maximum absolute atomic E-state index is 12.8. The van der Waals surface area contributed by atoms with Crippen LogP contribution >= 0.6 is 11.6 Å². The van der Waals surface area contributed by atoms with Crippen molar-refractivity contribution in [1.29, 1.82) is 0 Å². The normalized spacial score (nSPS) is 13.8. The van der Waals surface area contributed by atoms with E-state index in [0.717, 1.165) is 0 Å². The summed E-state index contributed by atoms with van der Waals surface area (Å²) < 4.78 is 31.7. The van der Waals surface area contributed by atoms with Gasteiger partial charge in [0.1, 0.15) is 0 Å².